The first-order valence-corrected chi connectivity index (χ1v) is 12.6. The molecule has 42 heavy (non-hydrogen) atoms. The summed E-state index contributed by atoms with van der Waals surface area (Å²) in [5.41, 5.74) is 0.469. The first kappa shape index (κ1) is 27.4. The molecule has 9 N–H and O–H groups in total. The lowest BCUT2D eigenvalue weighted by Crippen LogP contribution is -2.60. The van der Waals surface area contributed by atoms with Crippen molar-refractivity contribution < 1.29 is 64.0 Å². The van der Waals surface area contributed by atoms with E-state index in [9.17, 15) is 45.6 Å². The third-order valence-electron chi connectivity index (χ3n) is 7.06. The second-order valence-electron chi connectivity index (χ2n) is 9.82. The number of rotatable bonds is 5. The van der Waals surface area contributed by atoms with Crippen LogP contribution in [0.25, 0.3) is 44.6 Å². The van der Waals surface area contributed by atoms with Gasteiger partial charge in [0.05, 0.1) is 24.1 Å². The fourth-order valence-corrected chi connectivity index (χ4v) is 4.88. The Morgan fingerprint density at radius 1 is 0.714 bits per heavy atom. The Balaban J connectivity index is 1.65. The molecule has 6 rings (SSSR count). The third kappa shape index (κ3) is 4.55. The van der Waals surface area contributed by atoms with Crippen LogP contribution in [-0.4, -0.2) is 83.0 Å². The number of hydrogen-bond donors (Lipinski definition) is 8. The molecule has 0 amide bonds. The van der Waals surface area contributed by atoms with Crippen LogP contribution in [0.3, 0.4) is 0 Å². The number of ether oxygens (including phenoxy) is 2. The molecule has 1 aliphatic heterocycles. The number of phenolic OH excluding ortho intramolecular Hbond substituents is 4. The predicted octanol–water partition coefficient (Wildman–Crippen LogP) is 1.52. The number of benzene rings is 3. The molecule has 13 nitrogen and oxygen atoms in total. The minimum Gasteiger partial charge on any atom is -0.504 e. The summed E-state index contributed by atoms with van der Waals surface area (Å²) in [6.45, 7) is -0.704. The topological polar surface area (TPSA) is 228 Å². The summed E-state index contributed by atoms with van der Waals surface area (Å²) in [7, 11) is 0. The Kier molecular flexibility index (Phi) is 6.68. The maximum absolute atomic E-state index is 10.7. The lowest BCUT2D eigenvalue weighted by Gasteiger charge is -2.39. The predicted molar refractivity (Wildman–Crippen MR) is 143 cm³/mol. The fourth-order valence-electron chi connectivity index (χ4n) is 4.88. The molecule has 1 fully saturated rings. The Bertz CT molecular complexity index is 1850. The maximum Gasteiger partial charge on any atom is 0.347 e. The molecule has 13 heteroatoms. The van der Waals surface area contributed by atoms with Crippen molar-refractivity contribution in [2.24, 2.45) is 0 Å². The van der Waals surface area contributed by atoms with Crippen LogP contribution in [0.1, 0.15) is 0 Å². The van der Waals surface area contributed by atoms with E-state index >= 15 is 0 Å². The molecule has 1 saturated heterocycles. The van der Waals surface area contributed by atoms with E-state index in [1.807, 2.05) is 0 Å². The van der Waals surface area contributed by atoms with Crippen LogP contribution in [-0.2, 0) is 4.74 Å². The van der Waals surface area contributed by atoms with E-state index in [2.05, 4.69) is 0 Å². The normalized spacial score (nSPS) is 22.5. The fraction of sp³-hybridized carbons (Fsp3) is 0.207. The van der Waals surface area contributed by atoms with E-state index in [1.165, 1.54) is 54.6 Å². The van der Waals surface area contributed by atoms with Crippen LogP contribution >= 0.6 is 0 Å². The second kappa shape index (κ2) is 10.2. The highest BCUT2D eigenvalue weighted by atomic mass is 16.7. The quantitative estimate of drug-likeness (QED) is 0.109. The van der Waals surface area contributed by atoms with Gasteiger partial charge in [-0.25, -0.2) is 0 Å². The van der Waals surface area contributed by atoms with Crippen LogP contribution < -0.4 is 10.2 Å². The van der Waals surface area contributed by atoms with Gasteiger partial charge in [0.25, 0.3) is 0 Å². The highest BCUT2D eigenvalue weighted by molar-refractivity contribution is 6.10. The van der Waals surface area contributed by atoms with Crippen LogP contribution in [0.2, 0.25) is 0 Å². The van der Waals surface area contributed by atoms with Crippen LogP contribution in [0.4, 0.5) is 0 Å². The number of aliphatic hydroxyl groups excluding tert-OH is 4. The summed E-state index contributed by atoms with van der Waals surface area (Å²) in [4.78, 5) is 10.4. The van der Waals surface area contributed by atoms with Crippen molar-refractivity contribution in [3.8, 4) is 51.4 Å². The molecule has 0 aliphatic carbocycles. The molecule has 0 bridgehead atoms. The summed E-state index contributed by atoms with van der Waals surface area (Å²) in [5.74, 6) is -1.76. The molecule has 1 aliphatic rings. The van der Waals surface area contributed by atoms with Crippen molar-refractivity contribution in [1.82, 2.24) is 0 Å². The number of phenols is 4. The Morgan fingerprint density at radius 3 is 1.98 bits per heavy atom. The van der Waals surface area contributed by atoms with Gasteiger partial charge in [-0.3, -0.25) is 4.79 Å². The van der Waals surface area contributed by atoms with E-state index in [0.29, 0.717) is 10.9 Å². The molecular weight excluding hydrogens is 556 g/mol. The van der Waals surface area contributed by atoms with Gasteiger partial charge in [0, 0.05) is 16.5 Å². The van der Waals surface area contributed by atoms with Gasteiger partial charge in [-0.15, -0.1) is 0 Å². The van der Waals surface area contributed by atoms with Crippen molar-refractivity contribution in [3.63, 3.8) is 0 Å². The van der Waals surface area contributed by atoms with Gasteiger partial charge in [-0.05, 0) is 42.5 Å². The lowest BCUT2D eigenvalue weighted by molar-refractivity contribution is -0.277. The summed E-state index contributed by atoms with van der Waals surface area (Å²) in [6, 6.07) is 11.8. The molecule has 218 valence electrons. The molecule has 0 saturated carbocycles. The van der Waals surface area contributed by atoms with E-state index in [0.717, 1.165) is 0 Å². The maximum atomic E-state index is 10.7. The minimum absolute atomic E-state index is 0.0765. The van der Waals surface area contributed by atoms with Crippen molar-refractivity contribution in [2.45, 2.75) is 30.7 Å². The zero-order chi connectivity index (χ0) is 29.9. The zero-order valence-electron chi connectivity index (χ0n) is 21.4. The van der Waals surface area contributed by atoms with E-state index in [1.54, 1.807) is 0 Å². The Morgan fingerprint density at radius 2 is 1.33 bits per heavy atom. The third-order valence-corrected chi connectivity index (χ3v) is 7.06. The smallest absolute Gasteiger partial charge is 0.347 e. The minimum atomic E-state index is -1.79. The van der Waals surface area contributed by atoms with Crippen LogP contribution in [0.5, 0.6) is 28.7 Å². The van der Waals surface area contributed by atoms with E-state index < -0.39 is 54.6 Å². The Hall–Kier alpha value is -4.79. The van der Waals surface area contributed by atoms with Crippen LogP contribution in [0, 0.1) is 0 Å². The van der Waals surface area contributed by atoms with Gasteiger partial charge in [0.2, 0.25) is 6.29 Å². The number of hydrogen-bond acceptors (Lipinski definition) is 12. The highest BCUT2D eigenvalue weighted by Gasteiger charge is 2.45. The highest BCUT2D eigenvalue weighted by Crippen LogP contribution is 2.46. The molecule has 0 radical (unpaired) electrons. The van der Waals surface area contributed by atoms with Gasteiger partial charge in [-0.2, -0.15) is 0 Å². The molecule has 3 heterocycles. The standard InChI is InChI=1S/C29H24O13/c30-10-22-24(36)25(37)26(38)29(41-22)42-28-14-9-19(11-1-3-15(32)17(34)5-11)39-20-7-13(31)8-21(23(14)20)40-27(28)12-2-4-16(33)18(35)6-12/h1-9,22,24-26,29-30,32-38H,10H2/p+1/t22-,24-,25+,26-,29+/m1/s1. The lowest BCUT2D eigenvalue weighted by atomic mass is 9.99. The van der Waals surface area contributed by atoms with Gasteiger partial charge < -0.3 is 59.2 Å². The summed E-state index contributed by atoms with van der Waals surface area (Å²) in [5, 5.41) is 81.5. The monoisotopic (exact) mass is 581 g/mol. The molecule has 5 aromatic rings. The molecule has 0 spiro atoms. The number of aliphatic hydroxyl groups is 4. The average molecular weight is 582 g/mol. The molecule has 2 aromatic heterocycles. The molecule has 3 aromatic carbocycles. The summed E-state index contributed by atoms with van der Waals surface area (Å²) < 4.78 is 23.8. The van der Waals surface area contributed by atoms with Crippen molar-refractivity contribution in [2.75, 3.05) is 6.61 Å². The van der Waals surface area contributed by atoms with Gasteiger partial charge in [-0.1, -0.05) is 0 Å². The SMILES string of the molecule is OC[C@H]1O[C@@H](Oc2c(-c3ccc(O)c(O)c3)oc3cc(=[OH+])cc4oc(-c5ccc(O)c(O)c5)cc2c43)[C@H](O)[C@@H](O)[C@@H]1O. The Labute approximate surface area is 234 Å². The zero-order valence-corrected chi connectivity index (χ0v) is 21.4. The van der Waals surface area contributed by atoms with Crippen LogP contribution in [0.15, 0.2) is 63.4 Å². The second-order valence-corrected chi connectivity index (χ2v) is 9.82. The van der Waals surface area contributed by atoms with E-state index in [4.69, 9.17) is 18.3 Å². The largest absolute Gasteiger partial charge is 0.504 e. The van der Waals surface area contributed by atoms with Crippen molar-refractivity contribution >= 4 is 21.9 Å². The molecular formula is C29H25O13+. The molecule has 0 unspecified atom stereocenters. The van der Waals surface area contributed by atoms with Gasteiger partial charge in [0.15, 0.2) is 34.5 Å². The first-order chi connectivity index (χ1) is 20.0. The van der Waals surface area contributed by atoms with Gasteiger partial charge in [0.1, 0.15) is 41.3 Å². The van der Waals surface area contributed by atoms with Crippen molar-refractivity contribution in [1.29, 1.82) is 0 Å². The number of aromatic hydroxyl groups is 4. The average Bonchev–Trinajstić information content (AvgIpc) is 2.96. The first-order valence-electron chi connectivity index (χ1n) is 12.6. The van der Waals surface area contributed by atoms with Gasteiger partial charge >= 0.3 is 5.43 Å². The summed E-state index contributed by atoms with van der Waals surface area (Å²) >= 11 is 0. The summed E-state index contributed by atoms with van der Waals surface area (Å²) in [6.07, 6.45) is -8.12. The van der Waals surface area contributed by atoms with E-state index in [-0.39, 0.29) is 50.6 Å². The molecule has 5 atom stereocenters. The van der Waals surface area contributed by atoms with Crippen molar-refractivity contribution in [3.05, 3.63) is 60.0 Å².